The summed E-state index contributed by atoms with van der Waals surface area (Å²) in [6.07, 6.45) is 0.824. The second-order valence-corrected chi connectivity index (χ2v) is 6.00. The highest BCUT2D eigenvalue weighted by atomic mass is 35.5. The van der Waals surface area contributed by atoms with Crippen molar-refractivity contribution in [2.24, 2.45) is 0 Å². The first kappa shape index (κ1) is 13.8. The number of hydrogen-bond donors (Lipinski definition) is 0. The van der Waals surface area contributed by atoms with Gasteiger partial charge in [0.05, 0.1) is 15.6 Å². The Morgan fingerprint density at radius 2 is 2.10 bits per heavy atom. The molecular weight excluding hydrogens is 295 g/mol. The van der Waals surface area contributed by atoms with Gasteiger partial charge < -0.3 is 4.90 Å². The lowest BCUT2D eigenvalue weighted by molar-refractivity contribution is 0.101. The van der Waals surface area contributed by atoms with E-state index in [4.69, 9.17) is 23.2 Å². The largest absolute Gasteiger partial charge is 0.302 e. The number of aromatic nitrogens is 1. The van der Waals surface area contributed by atoms with Gasteiger partial charge in [-0.2, -0.15) is 0 Å². The normalized spacial score (nSPS) is 15.4. The minimum absolute atomic E-state index is 0.0438. The summed E-state index contributed by atoms with van der Waals surface area (Å²) in [6, 6.07) is 3.56. The van der Waals surface area contributed by atoms with Crippen LogP contribution in [0.15, 0.2) is 12.1 Å². The number of Topliss-reactive ketones (excluding diaryl/α,β-unsaturated/α-hetero) is 1. The maximum Gasteiger partial charge on any atom is 0.160 e. The van der Waals surface area contributed by atoms with Crippen molar-refractivity contribution in [1.29, 1.82) is 0 Å². The summed E-state index contributed by atoms with van der Waals surface area (Å²) in [7, 11) is 2.05. The Morgan fingerprint density at radius 3 is 2.80 bits per heavy atom. The van der Waals surface area contributed by atoms with Crippen molar-refractivity contribution in [3.63, 3.8) is 0 Å². The van der Waals surface area contributed by atoms with Crippen LogP contribution >= 0.6 is 23.2 Å². The van der Waals surface area contributed by atoms with Gasteiger partial charge in [-0.25, -0.2) is 0 Å². The molecule has 0 spiro atoms. The second-order valence-electron chi connectivity index (χ2n) is 5.21. The molecule has 0 saturated heterocycles. The fourth-order valence-electron chi connectivity index (χ4n) is 2.79. The standard InChI is InChI=1S/C15H14Cl2N2O/c1-8(20)13-9-3-4-11(16)14(17)15(9)18-12-5-6-19(2)7-10(12)13/h3-4H,5-7H2,1-2H3. The smallest absolute Gasteiger partial charge is 0.160 e. The minimum Gasteiger partial charge on any atom is -0.302 e. The first-order valence-electron chi connectivity index (χ1n) is 6.48. The number of nitrogens with zero attached hydrogens (tertiary/aromatic N) is 2. The van der Waals surface area contributed by atoms with E-state index in [2.05, 4.69) is 9.88 Å². The van der Waals surface area contributed by atoms with Crippen molar-refractivity contribution < 1.29 is 4.79 Å². The van der Waals surface area contributed by atoms with Crippen LogP contribution in [-0.4, -0.2) is 29.3 Å². The van der Waals surface area contributed by atoms with E-state index < -0.39 is 0 Å². The molecule has 0 fully saturated rings. The van der Waals surface area contributed by atoms with Crippen molar-refractivity contribution in [2.45, 2.75) is 19.9 Å². The monoisotopic (exact) mass is 308 g/mol. The van der Waals surface area contributed by atoms with E-state index in [1.807, 2.05) is 13.1 Å². The van der Waals surface area contributed by atoms with E-state index >= 15 is 0 Å². The van der Waals surface area contributed by atoms with Gasteiger partial charge in [-0.1, -0.05) is 29.3 Å². The molecule has 1 aromatic heterocycles. The van der Waals surface area contributed by atoms with Crippen LogP contribution in [0.2, 0.25) is 10.0 Å². The quantitative estimate of drug-likeness (QED) is 0.753. The number of carbonyl (C=O) groups is 1. The van der Waals surface area contributed by atoms with Crippen LogP contribution in [-0.2, 0) is 13.0 Å². The molecule has 1 aliphatic rings. The number of benzene rings is 1. The number of fused-ring (bicyclic) bond motifs is 2. The van der Waals surface area contributed by atoms with Crippen molar-refractivity contribution in [3.8, 4) is 0 Å². The average molecular weight is 309 g/mol. The number of hydrogen-bond acceptors (Lipinski definition) is 3. The van der Waals surface area contributed by atoms with E-state index in [-0.39, 0.29) is 5.78 Å². The van der Waals surface area contributed by atoms with Crippen molar-refractivity contribution in [2.75, 3.05) is 13.6 Å². The van der Waals surface area contributed by atoms with Crippen LogP contribution in [0.1, 0.15) is 28.5 Å². The van der Waals surface area contributed by atoms with Gasteiger partial charge in [-0.05, 0) is 25.6 Å². The van der Waals surface area contributed by atoms with Crippen LogP contribution in [0.4, 0.5) is 0 Å². The molecule has 0 radical (unpaired) electrons. The van der Waals surface area contributed by atoms with Crippen molar-refractivity contribution in [1.82, 2.24) is 9.88 Å². The van der Waals surface area contributed by atoms with E-state index in [9.17, 15) is 4.79 Å². The number of carbonyl (C=O) groups excluding carboxylic acids is 1. The summed E-state index contributed by atoms with van der Waals surface area (Å²) in [5, 5.41) is 1.68. The molecule has 20 heavy (non-hydrogen) atoms. The molecular formula is C15H14Cl2N2O. The average Bonchev–Trinajstić information content (AvgIpc) is 2.40. The molecule has 1 aromatic carbocycles. The Labute approximate surface area is 127 Å². The summed E-state index contributed by atoms with van der Waals surface area (Å²) in [4.78, 5) is 19.0. The molecule has 0 saturated carbocycles. The topological polar surface area (TPSA) is 33.2 Å². The van der Waals surface area contributed by atoms with E-state index in [0.717, 1.165) is 41.7 Å². The molecule has 0 N–H and O–H groups in total. The number of likely N-dealkylation sites (N-methyl/N-ethyl adjacent to an activating group) is 1. The number of rotatable bonds is 1. The predicted molar refractivity (Wildman–Crippen MR) is 81.8 cm³/mol. The van der Waals surface area contributed by atoms with Gasteiger partial charge in [0.25, 0.3) is 0 Å². The summed E-state index contributed by atoms with van der Waals surface area (Å²) in [5.74, 6) is 0.0438. The minimum atomic E-state index is 0.0438. The molecule has 1 aliphatic heterocycles. The molecule has 0 aliphatic carbocycles. The lowest BCUT2D eigenvalue weighted by Crippen LogP contribution is -2.29. The lowest BCUT2D eigenvalue weighted by atomic mass is 9.94. The van der Waals surface area contributed by atoms with Gasteiger partial charge in [0, 0.05) is 36.2 Å². The zero-order valence-electron chi connectivity index (χ0n) is 11.3. The Hall–Kier alpha value is -1.16. The molecule has 104 valence electrons. The van der Waals surface area contributed by atoms with Crippen LogP contribution in [0.25, 0.3) is 10.9 Å². The summed E-state index contributed by atoms with van der Waals surface area (Å²) >= 11 is 12.3. The van der Waals surface area contributed by atoms with E-state index in [1.165, 1.54) is 0 Å². The van der Waals surface area contributed by atoms with Gasteiger partial charge in [-0.15, -0.1) is 0 Å². The Bertz CT molecular complexity index is 728. The zero-order chi connectivity index (χ0) is 14.4. The first-order chi connectivity index (χ1) is 9.49. The van der Waals surface area contributed by atoms with E-state index in [0.29, 0.717) is 15.6 Å². The van der Waals surface area contributed by atoms with Crippen LogP contribution in [0, 0.1) is 0 Å². The van der Waals surface area contributed by atoms with E-state index in [1.54, 1.807) is 13.0 Å². The second kappa shape index (κ2) is 4.99. The van der Waals surface area contributed by atoms with Crippen LogP contribution in [0.3, 0.4) is 0 Å². The molecule has 5 heteroatoms. The summed E-state index contributed by atoms with van der Waals surface area (Å²) in [6.45, 7) is 3.26. The highest BCUT2D eigenvalue weighted by Gasteiger charge is 2.23. The van der Waals surface area contributed by atoms with Crippen molar-refractivity contribution in [3.05, 3.63) is 39.0 Å². The third-order valence-corrected chi connectivity index (χ3v) is 4.54. The fraction of sp³-hybridized carbons (Fsp3) is 0.333. The van der Waals surface area contributed by atoms with Gasteiger partial charge in [0.15, 0.2) is 5.78 Å². The highest BCUT2D eigenvalue weighted by molar-refractivity contribution is 6.45. The number of pyridine rings is 1. The molecule has 2 aromatic rings. The molecule has 0 amide bonds. The fourth-order valence-corrected chi connectivity index (χ4v) is 3.14. The SMILES string of the molecule is CC(=O)c1c2c(nc3c(Cl)c(Cl)ccc13)CCN(C)C2. The third kappa shape index (κ3) is 2.10. The zero-order valence-corrected chi connectivity index (χ0v) is 12.8. The lowest BCUT2D eigenvalue weighted by Gasteiger charge is -2.26. The van der Waals surface area contributed by atoms with Gasteiger partial charge in [0.2, 0.25) is 0 Å². The maximum absolute atomic E-state index is 12.1. The number of halogens is 2. The first-order valence-corrected chi connectivity index (χ1v) is 7.23. The van der Waals surface area contributed by atoms with Crippen LogP contribution in [0.5, 0.6) is 0 Å². The maximum atomic E-state index is 12.1. The van der Waals surface area contributed by atoms with Gasteiger partial charge >= 0.3 is 0 Å². The number of ketones is 1. The van der Waals surface area contributed by atoms with Gasteiger partial charge in [0.1, 0.15) is 0 Å². The molecule has 2 heterocycles. The molecule has 0 bridgehead atoms. The summed E-state index contributed by atoms with van der Waals surface area (Å²) < 4.78 is 0. The van der Waals surface area contributed by atoms with Crippen LogP contribution < -0.4 is 0 Å². The Balaban J connectivity index is 2.41. The molecule has 3 nitrogen and oxygen atoms in total. The Kier molecular flexibility index (Phi) is 3.44. The van der Waals surface area contributed by atoms with Crippen molar-refractivity contribution >= 4 is 39.9 Å². The molecule has 0 unspecified atom stereocenters. The highest BCUT2D eigenvalue weighted by Crippen LogP contribution is 2.35. The summed E-state index contributed by atoms with van der Waals surface area (Å²) in [5.41, 5.74) is 3.35. The molecule has 0 atom stereocenters. The predicted octanol–water partition coefficient (Wildman–Crippen LogP) is 3.73. The Morgan fingerprint density at radius 1 is 1.35 bits per heavy atom. The van der Waals surface area contributed by atoms with Gasteiger partial charge in [-0.3, -0.25) is 9.78 Å². The third-order valence-electron chi connectivity index (χ3n) is 3.75. The molecule has 3 rings (SSSR count).